The van der Waals surface area contributed by atoms with Gasteiger partial charge in [-0.3, -0.25) is 15.1 Å². The van der Waals surface area contributed by atoms with E-state index in [4.69, 9.17) is 0 Å². The number of imidazole rings is 1. The molecule has 0 saturated heterocycles. The molecule has 2 N–H and O–H groups in total. The number of pyridine rings is 3. The van der Waals surface area contributed by atoms with E-state index in [1.54, 1.807) is 30.9 Å². The Morgan fingerprint density at radius 1 is 1.15 bits per heavy atom. The zero-order valence-electron chi connectivity index (χ0n) is 18.1. The second-order valence-corrected chi connectivity index (χ2v) is 7.45. The Hall–Kier alpha value is -4.46. The highest BCUT2D eigenvalue weighted by Gasteiger charge is 2.22. The van der Waals surface area contributed by atoms with E-state index < -0.39 is 5.82 Å². The molecule has 0 aliphatic carbocycles. The van der Waals surface area contributed by atoms with Gasteiger partial charge in [0.1, 0.15) is 11.4 Å². The van der Waals surface area contributed by atoms with E-state index in [0.29, 0.717) is 33.6 Å². The van der Waals surface area contributed by atoms with Crippen LogP contribution in [0.3, 0.4) is 0 Å². The van der Waals surface area contributed by atoms with Crippen molar-refractivity contribution in [1.29, 1.82) is 0 Å². The minimum absolute atomic E-state index is 0.244. The van der Waals surface area contributed by atoms with Gasteiger partial charge in [0.25, 0.3) is 0 Å². The van der Waals surface area contributed by atoms with Crippen LogP contribution in [-0.4, -0.2) is 35.1 Å². The Morgan fingerprint density at radius 2 is 2.03 bits per heavy atom. The number of aromatic amines is 2. The van der Waals surface area contributed by atoms with Gasteiger partial charge in [-0.1, -0.05) is 30.9 Å². The molecule has 8 heteroatoms. The number of fused-ring (bicyclic) bond motifs is 2. The van der Waals surface area contributed by atoms with Crippen molar-refractivity contribution in [1.82, 2.24) is 35.1 Å². The first kappa shape index (κ1) is 20.4. The van der Waals surface area contributed by atoms with Crippen molar-refractivity contribution in [2.24, 2.45) is 0 Å². The van der Waals surface area contributed by atoms with Crippen LogP contribution in [0.25, 0.3) is 50.3 Å². The molecule has 0 bridgehead atoms. The van der Waals surface area contributed by atoms with Crippen molar-refractivity contribution in [2.45, 2.75) is 13.8 Å². The Bertz CT molecular complexity index is 1560. The number of rotatable bonds is 5. The van der Waals surface area contributed by atoms with Crippen LogP contribution in [0.2, 0.25) is 0 Å². The first-order valence-electron chi connectivity index (χ1n) is 10.4. The molecule has 0 atom stereocenters. The van der Waals surface area contributed by atoms with Crippen LogP contribution < -0.4 is 0 Å². The molecule has 0 aliphatic heterocycles. The number of nitrogens with one attached hydrogen (secondary N) is 2. The van der Waals surface area contributed by atoms with Crippen LogP contribution in [0.15, 0.2) is 73.4 Å². The van der Waals surface area contributed by atoms with E-state index >= 15 is 4.39 Å². The number of nitrogens with zero attached hydrogens (tertiary/aromatic N) is 5. The van der Waals surface area contributed by atoms with E-state index in [-0.39, 0.29) is 5.69 Å². The maximum Gasteiger partial charge on any atom is 0.178 e. The summed E-state index contributed by atoms with van der Waals surface area (Å²) in [6, 6.07) is 5.72. The van der Waals surface area contributed by atoms with E-state index in [1.165, 1.54) is 0 Å². The van der Waals surface area contributed by atoms with Gasteiger partial charge in [0.15, 0.2) is 17.3 Å². The molecule has 0 unspecified atom stereocenters. The summed E-state index contributed by atoms with van der Waals surface area (Å²) in [5.74, 6) is -0.0569. The van der Waals surface area contributed by atoms with Crippen LogP contribution >= 0.6 is 0 Å². The van der Waals surface area contributed by atoms with Crippen LogP contribution in [-0.2, 0) is 0 Å². The average Bonchev–Trinajstić information content (AvgIpc) is 3.46. The van der Waals surface area contributed by atoms with Crippen LogP contribution in [0.5, 0.6) is 0 Å². The predicted molar refractivity (Wildman–Crippen MR) is 128 cm³/mol. The van der Waals surface area contributed by atoms with Crippen molar-refractivity contribution < 1.29 is 4.39 Å². The fourth-order valence-corrected chi connectivity index (χ4v) is 3.94. The minimum atomic E-state index is -0.470. The topological polar surface area (TPSA) is 96.0 Å². The molecule has 5 heterocycles. The Balaban J connectivity index is 1.70. The molecule has 5 rings (SSSR count). The van der Waals surface area contributed by atoms with Gasteiger partial charge in [-0.2, -0.15) is 5.10 Å². The summed E-state index contributed by atoms with van der Waals surface area (Å²) in [6.07, 6.45) is 12.1. The fraction of sp³-hybridized carbons (Fsp3) is 0.0800. The quantitative estimate of drug-likeness (QED) is 0.347. The average molecular weight is 437 g/mol. The molecule has 0 radical (unpaired) electrons. The van der Waals surface area contributed by atoms with Crippen LogP contribution in [0.1, 0.15) is 19.5 Å². The first-order valence-corrected chi connectivity index (χ1v) is 10.4. The van der Waals surface area contributed by atoms with Gasteiger partial charge in [-0.05, 0) is 31.6 Å². The van der Waals surface area contributed by atoms with Gasteiger partial charge in [0, 0.05) is 35.3 Å². The third-order valence-corrected chi connectivity index (χ3v) is 5.47. The number of hydrogen-bond donors (Lipinski definition) is 2. The zero-order valence-corrected chi connectivity index (χ0v) is 18.1. The lowest BCUT2D eigenvalue weighted by atomic mass is 10.0. The molecule has 33 heavy (non-hydrogen) atoms. The summed E-state index contributed by atoms with van der Waals surface area (Å²) < 4.78 is 15.8. The second-order valence-electron chi connectivity index (χ2n) is 7.45. The summed E-state index contributed by atoms with van der Waals surface area (Å²) in [7, 11) is 0. The Kier molecular flexibility index (Phi) is 5.10. The minimum Gasteiger partial charge on any atom is -0.335 e. The molecule has 162 valence electrons. The molecule has 0 fully saturated rings. The molecule has 0 aromatic carbocycles. The summed E-state index contributed by atoms with van der Waals surface area (Å²) >= 11 is 0. The smallest absolute Gasteiger partial charge is 0.178 e. The van der Waals surface area contributed by atoms with Crippen molar-refractivity contribution in [2.75, 3.05) is 0 Å². The highest BCUT2D eigenvalue weighted by atomic mass is 19.1. The molecular weight excluding hydrogens is 417 g/mol. The zero-order chi connectivity index (χ0) is 22.9. The number of allylic oxidation sites excluding steroid dienone is 5. The number of H-pyrrole nitrogens is 2. The summed E-state index contributed by atoms with van der Waals surface area (Å²) in [5.41, 5.74) is 5.69. The monoisotopic (exact) mass is 437 g/mol. The lowest BCUT2D eigenvalue weighted by Gasteiger charge is -2.09. The molecule has 0 spiro atoms. The van der Waals surface area contributed by atoms with Gasteiger partial charge in [0.05, 0.1) is 22.6 Å². The Labute approximate surface area is 188 Å². The molecule has 0 amide bonds. The van der Waals surface area contributed by atoms with Gasteiger partial charge in [-0.15, -0.1) is 0 Å². The van der Waals surface area contributed by atoms with E-state index in [2.05, 4.69) is 41.7 Å². The van der Waals surface area contributed by atoms with Crippen LogP contribution in [0.4, 0.5) is 4.39 Å². The first-order chi connectivity index (χ1) is 16.1. The molecule has 7 nitrogen and oxygen atoms in total. The fourth-order valence-electron chi connectivity index (χ4n) is 3.94. The number of aromatic nitrogens is 7. The maximum atomic E-state index is 15.8. The SMILES string of the molecule is C=C/C=C(C)\C(=C/C)c1ncc2[nH]nc(-c3nc4nccc(-c5cccnc5)c4[nH]3)c2c1F. The van der Waals surface area contributed by atoms with Crippen molar-refractivity contribution >= 4 is 27.6 Å². The summed E-state index contributed by atoms with van der Waals surface area (Å²) in [6.45, 7) is 7.47. The number of halogens is 1. The highest BCUT2D eigenvalue weighted by Crippen LogP contribution is 2.34. The molecule has 0 aliphatic rings. The summed E-state index contributed by atoms with van der Waals surface area (Å²) in [5, 5.41) is 7.52. The van der Waals surface area contributed by atoms with Crippen LogP contribution in [0, 0.1) is 5.82 Å². The van der Waals surface area contributed by atoms with Gasteiger partial charge in [-0.25, -0.2) is 14.4 Å². The van der Waals surface area contributed by atoms with Gasteiger partial charge in [0.2, 0.25) is 0 Å². The predicted octanol–water partition coefficient (Wildman–Crippen LogP) is 5.63. The second kappa shape index (κ2) is 8.23. The lowest BCUT2D eigenvalue weighted by Crippen LogP contribution is -1.97. The highest BCUT2D eigenvalue weighted by molar-refractivity contribution is 5.97. The van der Waals surface area contributed by atoms with Crippen molar-refractivity contribution in [3.63, 3.8) is 0 Å². The van der Waals surface area contributed by atoms with E-state index in [1.807, 2.05) is 44.2 Å². The maximum absolute atomic E-state index is 15.8. The lowest BCUT2D eigenvalue weighted by molar-refractivity contribution is 0.629. The summed E-state index contributed by atoms with van der Waals surface area (Å²) in [4.78, 5) is 20.8. The standard InChI is InChI=1S/C25H20FN7/c1-4-7-14(3)16(5-2)21-20(26)19-18(13-29-21)32-33-23(19)25-30-22-17(9-11-28-24(22)31-25)15-8-6-10-27-12-15/h4-13H,1H2,2-3H3,(H,32,33)(H,28,30,31)/b14-7-,16-5+. The van der Waals surface area contributed by atoms with Crippen molar-refractivity contribution in [3.8, 4) is 22.6 Å². The third kappa shape index (κ3) is 3.41. The normalized spacial score (nSPS) is 12.6. The van der Waals surface area contributed by atoms with Gasteiger partial charge < -0.3 is 4.98 Å². The van der Waals surface area contributed by atoms with Gasteiger partial charge >= 0.3 is 0 Å². The van der Waals surface area contributed by atoms with E-state index in [9.17, 15) is 0 Å². The van der Waals surface area contributed by atoms with E-state index in [0.717, 1.165) is 22.2 Å². The third-order valence-electron chi connectivity index (χ3n) is 5.47. The largest absolute Gasteiger partial charge is 0.335 e. The molecular formula is C25H20FN7. The molecule has 0 saturated carbocycles. The molecule has 5 aromatic rings. The van der Waals surface area contributed by atoms with Crippen molar-refractivity contribution in [3.05, 3.63) is 84.9 Å². The molecule has 5 aromatic heterocycles. The Morgan fingerprint density at radius 3 is 2.79 bits per heavy atom. The number of hydrogen-bond acceptors (Lipinski definition) is 5.